The Balaban J connectivity index is 1.93. The van der Waals surface area contributed by atoms with E-state index in [0.717, 1.165) is 42.6 Å². The molecular weight excluding hydrogens is 322 g/mol. The minimum atomic E-state index is 0.130. The molecule has 2 aromatic rings. The summed E-state index contributed by atoms with van der Waals surface area (Å²) >= 11 is 0. The molecule has 1 aromatic carbocycles. The van der Waals surface area contributed by atoms with Crippen molar-refractivity contribution in [1.82, 2.24) is 14.8 Å². The van der Waals surface area contributed by atoms with Crippen LogP contribution < -0.4 is 14.2 Å². The third kappa shape index (κ3) is 3.24. The van der Waals surface area contributed by atoms with E-state index in [1.807, 2.05) is 17.2 Å². The number of likely N-dealkylation sites (N-methyl/N-ethyl adjacent to an activating group) is 1. The minimum absolute atomic E-state index is 0.130. The van der Waals surface area contributed by atoms with Crippen molar-refractivity contribution < 1.29 is 19.0 Å². The van der Waals surface area contributed by atoms with Crippen molar-refractivity contribution in [3.8, 4) is 17.2 Å². The molecule has 1 aliphatic rings. The number of nitrogens with one attached hydrogen (secondary N) is 1. The number of hydrogen-bond donors (Lipinski definition) is 1. The second-order valence-corrected chi connectivity index (χ2v) is 6.24. The third-order valence-electron chi connectivity index (χ3n) is 4.75. The van der Waals surface area contributed by atoms with Gasteiger partial charge in [0.15, 0.2) is 11.5 Å². The van der Waals surface area contributed by atoms with E-state index in [1.165, 1.54) is 0 Å². The van der Waals surface area contributed by atoms with Gasteiger partial charge in [-0.2, -0.15) is 0 Å². The van der Waals surface area contributed by atoms with Crippen LogP contribution in [-0.4, -0.2) is 75.2 Å². The smallest absolute Gasteiger partial charge is 0.227 e. The molecule has 0 radical (unpaired) electrons. The predicted molar refractivity (Wildman–Crippen MR) is 95.7 cm³/mol. The molecule has 25 heavy (non-hydrogen) atoms. The van der Waals surface area contributed by atoms with E-state index in [0.29, 0.717) is 23.7 Å². The lowest BCUT2D eigenvalue weighted by Crippen LogP contribution is -2.47. The number of rotatable bonds is 5. The number of carbonyl (C=O) groups is 1. The Kier molecular flexibility index (Phi) is 5.03. The fraction of sp³-hybridized carbons (Fsp3) is 0.500. The quantitative estimate of drug-likeness (QED) is 0.888. The van der Waals surface area contributed by atoms with Crippen LogP contribution in [0.4, 0.5) is 0 Å². The van der Waals surface area contributed by atoms with Gasteiger partial charge in [0.25, 0.3) is 0 Å². The number of nitrogens with zero attached hydrogens (tertiary/aromatic N) is 2. The lowest BCUT2D eigenvalue weighted by atomic mass is 10.1. The molecule has 0 spiro atoms. The number of aromatic nitrogens is 1. The highest BCUT2D eigenvalue weighted by Gasteiger charge is 2.23. The van der Waals surface area contributed by atoms with Crippen LogP contribution in [0.5, 0.6) is 17.2 Å². The van der Waals surface area contributed by atoms with Crippen molar-refractivity contribution in [2.75, 3.05) is 54.6 Å². The van der Waals surface area contributed by atoms with Gasteiger partial charge in [-0.05, 0) is 12.6 Å². The topological polar surface area (TPSA) is 67.0 Å². The summed E-state index contributed by atoms with van der Waals surface area (Å²) in [5, 5.41) is 0.864. The van der Waals surface area contributed by atoms with Crippen molar-refractivity contribution >= 4 is 16.8 Å². The molecule has 7 heteroatoms. The number of aromatic amines is 1. The number of amides is 1. The van der Waals surface area contributed by atoms with Crippen LogP contribution in [0.2, 0.25) is 0 Å². The molecule has 1 aliphatic heterocycles. The van der Waals surface area contributed by atoms with Gasteiger partial charge in [-0.3, -0.25) is 4.79 Å². The van der Waals surface area contributed by atoms with Crippen LogP contribution in [-0.2, 0) is 11.2 Å². The summed E-state index contributed by atoms with van der Waals surface area (Å²) in [5.74, 6) is 1.83. The summed E-state index contributed by atoms with van der Waals surface area (Å²) in [5.41, 5.74) is 1.76. The summed E-state index contributed by atoms with van der Waals surface area (Å²) in [6, 6.07) is 1.86. The zero-order valence-corrected chi connectivity index (χ0v) is 15.2. The SMILES string of the molecule is COc1cc2[nH]cc(CC(=O)N3CCN(C)CC3)c2c(OC)c1OC. The number of methoxy groups -OCH3 is 3. The average Bonchev–Trinajstić information content (AvgIpc) is 3.02. The molecule has 1 fully saturated rings. The predicted octanol–water partition coefficient (Wildman–Crippen LogP) is 1.51. The summed E-state index contributed by atoms with van der Waals surface area (Å²) < 4.78 is 16.4. The molecule has 2 heterocycles. The summed E-state index contributed by atoms with van der Waals surface area (Å²) in [4.78, 5) is 20.1. The number of piperazine rings is 1. The first kappa shape index (κ1) is 17.4. The Morgan fingerprint density at radius 2 is 1.76 bits per heavy atom. The molecule has 3 rings (SSSR count). The van der Waals surface area contributed by atoms with Crippen molar-refractivity contribution in [3.05, 3.63) is 17.8 Å². The zero-order chi connectivity index (χ0) is 18.0. The first-order chi connectivity index (χ1) is 12.1. The molecule has 0 bridgehead atoms. The van der Waals surface area contributed by atoms with Crippen LogP contribution in [0.1, 0.15) is 5.56 Å². The average molecular weight is 347 g/mol. The third-order valence-corrected chi connectivity index (χ3v) is 4.75. The highest BCUT2D eigenvalue weighted by molar-refractivity contribution is 5.96. The molecule has 136 valence electrons. The van der Waals surface area contributed by atoms with Gasteiger partial charge in [0.05, 0.1) is 33.3 Å². The first-order valence-electron chi connectivity index (χ1n) is 8.34. The Bertz CT molecular complexity index is 763. The minimum Gasteiger partial charge on any atom is -0.493 e. The number of fused-ring (bicyclic) bond motifs is 1. The molecule has 0 saturated carbocycles. The Morgan fingerprint density at radius 3 is 2.36 bits per heavy atom. The Morgan fingerprint density at radius 1 is 1.08 bits per heavy atom. The maximum atomic E-state index is 12.7. The Labute approximate surface area is 147 Å². The van der Waals surface area contributed by atoms with E-state index in [9.17, 15) is 4.79 Å². The molecule has 0 unspecified atom stereocenters. The van der Waals surface area contributed by atoms with Crippen molar-refractivity contribution in [2.45, 2.75) is 6.42 Å². The summed E-state index contributed by atoms with van der Waals surface area (Å²) in [7, 11) is 6.83. The zero-order valence-electron chi connectivity index (χ0n) is 15.2. The van der Waals surface area contributed by atoms with Gasteiger partial charge in [-0.15, -0.1) is 0 Å². The van der Waals surface area contributed by atoms with Gasteiger partial charge in [0.1, 0.15) is 0 Å². The van der Waals surface area contributed by atoms with Gasteiger partial charge in [0, 0.05) is 43.8 Å². The van der Waals surface area contributed by atoms with Crippen LogP contribution in [0.3, 0.4) is 0 Å². The van der Waals surface area contributed by atoms with E-state index in [4.69, 9.17) is 14.2 Å². The van der Waals surface area contributed by atoms with Crippen LogP contribution in [0.25, 0.3) is 10.9 Å². The number of ether oxygens (including phenoxy) is 3. The van der Waals surface area contributed by atoms with E-state index < -0.39 is 0 Å². The normalized spacial score (nSPS) is 15.4. The maximum Gasteiger partial charge on any atom is 0.227 e. The van der Waals surface area contributed by atoms with Crippen LogP contribution in [0, 0.1) is 0 Å². The monoisotopic (exact) mass is 347 g/mol. The van der Waals surface area contributed by atoms with Crippen molar-refractivity contribution in [2.24, 2.45) is 0 Å². The van der Waals surface area contributed by atoms with Crippen molar-refractivity contribution in [1.29, 1.82) is 0 Å². The van der Waals surface area contributed by atoms with Crippen molar-refractivity contribution in [3.63, 3.8) is 0 Å². The number of benzene rings is 1. The van der Waals surface area contributed by atoms with Crippen LogP contribution >= 0.6 is 0 Å². The van der Waals surface area contributed by atoms with Gasteiger partial charge in [0.2, 0.25) is 11.7 Å². The second-order valence-electron chi connectivity index (χ2n) is 6.24. The number of hydrogen-bond acceptors (Lipinski definition) is 5. The summed E-state index contributed by atoms with van der Waals surface area (Å²) in [6.07, 6.45) is 2.19. The highest BCUT2D eigenvalue weighted by Crippen LogP contribution is 2.44. The summed E-state index contributed by atoms with van der Waals surface area (Å²) in [6.45, 7) is 3.36. The van der Waals surface area contributed by atoms with Gasteiger partial charge in [-0.25, -0.2) is 0 Å². The van der Waals surface area contributed by atoms with Crippen LogP contribution in [0.15, 0.2) is 12.3 Å². The molecule has 1 saturated heterocycles. The Hall–Kier alpha value is -2.41. The molecule has 0 atom stereocenters. The van der Waals surface area contributed by atoms with Gasteiger partial charge in [-0.1, -0.05) is 0 Å². The molecule has 1 N–H and O–H groups in total. The van der Waals surface area contributed by atoms with E-state index in [2.05, 4.69) is 16.9 Å². The maximum absolute atomic E-state index is 12.7. The fourth-order valence-electron chi connectivity index (χ4n) is 3.30. The van der Waals surface area contributed by atoms with E-state index in [-0.39, 0.29) is 5.91 Å². The number of H-pyrrole nitrogens is 1. The largest absolute Gasteiger partial charge is 0.493 e. The molecule has 1 aromatic heterocycles. The van der Waals surface area contributed by atoms with Gasteiger partial charge < -0.3 is 29.0 Å². The molecular formula is C18H25N3O4. The highest BCUT2D eigenvalue weighted by atomic mass is 16.5. The fourth-order valence-corrected chi connectivity index (χ4v) is 3.30. The van der Waals surface area contributed by atoms with E-state index >= 15 is 0 Å². The van der Waals surface area contributed by atoms with E-state index in [1.54, 1.807) is 21.3 Å². The second kappa shape index (κ2) is 7.23. The molecule has 1 amide bonds. The molecule has 7 nitrogen and oxygen atoms in total. The molecule has 0 aliphatic carbocycles. The lowest BCUT2D eigenvalue weighted by molar-refractivity contribution is -0.132. The number of carbonyl (C=O) groups excluding carboxylic acids is 1. The lowest BCUT2D eigenvalue weighted by Gasteiger charge is -2.32. The van der Waals surface area contributed by atoms with Gasteiger partial charge >= 0.3 is 0 Å². The first-order valence-corrected chi connectivity index (χ1v) is 8.34. The standard InChI is InChI=1S/C18H25N3O4/c1-20-5-7-21(8-6-20)15(22)9-12-11-19-13-10-14(23-2)17(24-3)18(25-4)16(12)13/h10-11,19H,5-9H2,1-4H3.